The predicted molar refractivity (Wildman–Crippen MR) is 98.3 cm³/mol. The van der Waals surface area contributed by atoms with Gasteiger partial charge in [-0.15, -0.1) is 11.8 Å². The minimum Gasteiger partial charge on any atom is -0.310 e. The van der Waals surface area contributed by atoms with Gasteiger partial charge < -0.3 is 4.98 Å². The molecule has 0 atom stereocenters. The minimum atomic E-state index is -0.196. The van der Waals surface area contributed by atoms with Crippen molar-refractivity contribution in [2.24, 2.45) is 0 Å². The summed E-state index contributed by atoms with van der Waals surface area (Å²) in [7, 11) is 0. The van der Waals surface area contributed by atoms with Gasteiger partial charge in [0.25, 0.3) is 5.56 Å². The van der Waals surface area contributed by atoms with Crippen molar-refractivity contribution in [3.8, 4) is 5.69 Å². The van der Waals surface area contributed by atoms with Crippen LogP contribution in [0.15, 0.2) is 22.0 Å². The lowest BCUT2D eigenvalue weighted by Gasteiger charge is -2.09. The number of thioether (sulfide) groups is 1. The summed E-state index contributed by atoms with van der Waals surface area (Å²) < 4.78 is 1.53. The van der Waals surface area contributed by atoms with E-state index < -0.39 is 0 Å². The average Bonchev–Trinajstić information content (AvgIpc) is 3.29. The molecule has 3 aromatic rings. The number of hydrogen-bond acceptors (Lipinski definition) is 4. The van der Waals surface area contributed by atoms with Crippen molar-refractivity contribution in [3.63, 3.8) is 0 Å². The number of nitrogens with one attached hydrogen (secondary N) is 1. The van der Waals surface area contributed by atoms with Crippen LogP contribution in [0.4, 0.5) is 0 Å². The van der Waals surface area contributed by atoms with Crippen LogP contribution in [-0.2, 0) is 0 Å². The SMILES string of the molecule is CSc1nn(-c2c(Cl)cc(Cl)cc2Cl)c2nc(C3CC3)[nH]c(=O)c12. The van der Waals surface area contributed by atoms with Gasteiger partial charge in [-0.2, -0.15) is 5.10 Å². The molecule has 1 aromatic carbocycles. The smallest absolute Gasteiger partial charge is 0.263 e. The second kappa shape index (κ2) is 5.95. The van der Waals surface area contributed by atoms with E-state index >= 15 is 0 Å². The van der Waals surface area contributed by atoms with Gasteiger partial charge in [-0.3, -0.25) is 4.79 Å². The molecule has 0 spiro atoms. The molecule has 0 bridgehead atoms. The van der Waals surface area contributed by atoms with Gasteiger partial charge in [0.1, 0.15) is 21.9 Å². The van der Waals surface area contributed by atoms with Crippen LogP contribution in [-0.4, -0.2) is 26.0 Å². The summed E-state index contributed by atoms with van der Waals surface area (Å²) in [5.41, 5.74) is 0.725. The van der Waals surface area contributed by atoms with E-state index in [2.05, 4.69) is 15.1 Å². The second-order valence-corrected chi connectivity index (χ2v) is 7.61. The summed E-state index contributed by atoms with van der Waals surface area (Å²) in [6.45, 7) is 0. The summed E-state index contributed by atoms with van der Waals surface area (Å²) in [6, 6.07) is 3.18. The Bertz CT molecular complexity index is 1000. The Balaban J connectivity index is 2.07. The molecule has 1 saturated carbocycles. The Kier molecular flexibility index (Phi) is 4.03. The normalized spacial score (nSPS) is 14.5. The van der Waals surface area contributed by atoms with Crippen LogP contribution >= 0.6 is 46.6 Å². The molecule has 0 radical (unpaired) electrons. The van der Waals surface area contributed by atoms with Crippen molar-refractivity contribution in [3.05, 3.63) is 43.4 Å². The third-order valence-electron chi connectivity index (χ3n) is 3.87. The first-order valence-electron chi connectivity index (χ1n) is 7.21. The number of fused-ring (bicyclic) bond motifs is 1. The molecule has 24 heavy (non-hydrogen) atoms. The van der Waals surface area contributed by atoms with Crippen molar-refractivity contribution in [2.75, 3.05) is 6.26 Å². The van der Waals surface area contributed by atoms with E-state index in [1.54, 1.807) is 12.1 Å². The molecule has 1 fully saturated rings. The van der Waals surface area contributed by atoms with Crippen LogP contribution in [0.5, 0.6) is 0 Å². The number of halogens is 3. The highest BCUT2D eigenvalue weighted by atomic mass is 35.5. The number of rotatable bonds is 3. The topological polar surface area (TPSA) is 63.6 Å². The zero-order valence-corrected chi connectivity index (χ0v) is 15.5. The molecule has 1 aliphatic rings. The van der Waals surface area contributed by atoms with E-state index in [0.717, 1.165) is 12.8 Å². The highest BCUT2D eigenvalue weighted by Gasteiger charge is 2.28. The number of nitrogens with zero attached hydrogens (tertiary/aromatic N) is 3. The number of H-pyrrole nitrogens is 1. The Labute approximate surface area is 156 Å². The van der Waals surface area contributed by atoms with Crippen molar-refractivity contribution in [1.29, 1.82) is 0 Å². The minimum absolute atomic E-state index is 0.196. The summed E-state index contributed by atoms with van der Waals surface area (Å²) in [5.74, 6) is 0.988. The molecule has 124 valence electrons. The fraction of sp³-hybridized carbons (Fsp3) is 0.267. The Morgan fingerprint density at radius 3 is 2.50 bits per heavy atom. The molecule has 0 unspecified atom stereocenters. The third-order valence-corrected chi connectivity index (χ3v) is 5.34. The highest BCUT2D eigenvalue weighted by Crippen LogP contribution is 2.39. The van der Waals surface area contributed by atoms with Gasteiger partial charge in [-0.05, 0) is 31.2 Å². The third kappa shape index (κ3) is 2.62. The lowest BCUT2D eigenvalue weighted by Crippen LogP contribution is -2.12. The van der Waals surface area contributed by atoms with Gasteiger partial charge in [0.2, 0.25) is 0 Å². The standard InChI is InChI=1S/C15H11Cl3N4OS/c1-24-15-10-13(19-12(6-2-3-6)20-14(10)23)22(21-15)11-8(17)4-7(16)5-9(11)18/h4-6H,2-3H2,1H3,(H,19,20,23). The fourth-order valence-electron chi connectivity index (χ4n) is 2.60. The Morgan fingerprint density at radius 1 is 1.25 bits per heavy atom. The van der Waals surface area contributed by atoms with Crippen LogP contribution in [0.2, 0.25) is 15.1 Å². The van der Waals surface area contributed by atoms with Crippen molar-refractivity contribution < 1.29 is 0 Å². The lowest BCUT2D eigenvalue weighted by molar-refractivity contribution is 0.842. The van der Waals surface area contributed by atoms with E-state index in [0.29, 0.717) is 48.6 Å². The first kappa shape index (κ1) is 16.3. The van der Waals surface area contributed by atoms with E-state index in [9.17, 15) is 4.79 Å². The van der Waals surface area contributed by atoms with Crippen LogP contribution in [0, 0.1) is 0 Å². The summed E-state index contributed by atoms with van der Waals surface area (Å²) in [4.78, 5) is 20.0. The summed E-state index contributed by atoms with van der Waals surface area (Å²) >= 11 is 20.0. The molecule has 4 rings (SSSR count). The molecule has 0 amide bonds. The van der Waals surface area contributed by atoms with E-state index in [1.807, 2.05) is 6.26 Å². The molecule has 9 heteroatoms. The first-order chi connectivity index (χ1) is 11.5. The van der Waals surface area contributed by atoms with Crippen LogP contribution in [0.3, 0.4) is 0 Å². The maximum absolute atomic E-state index is 12.5. The second-order valence-electron chi connectivity index (χ2n) is 5.56. The molecular formula is C15H11Cl3N4OS. The quantitative estimate of drug-likeness (QED) is 0.648. The zero-order valence-electron chi connectivity index (χ0n) is 12.4. The monoisotopic (exact) mass is 400 g/mol. The van der Waals surface area contributed by atoms with Crippen molar-refractivity contribution in [2.45, 2.75) is 23.8 Å². The van der Waals surface area contributed by atoms with Crippen molar-refractivity contribution in [1.82, 2.24) is 19.7 Å². The lowest BCUT2D eigenvalue weighted by atomic mass is 10.3. The van der Waals surface area contributed by atoms with E-state index in [1.165, 1.54) is 16.4 Å². The molecule has 5 nitrogen and oxygen atoms in total. The molecule has 2 aromatic heterocycles. The number of benzene rings is 1. The van der Waals surface area contributed by atoms with Gasteiger partial charge in [-0.25, -0.2) is 9.67 Å². The number of aromatic amines is 1. The number of aromatic nitrogens is 4. The average molecular weight is 402 g/mol. The largest absolute Gasteiger partial charge is 0.310 e. The molecule has 0 aliphatic heterocycles. The highest BCUT2D eigenvalue weighted by molar-refractivity contribution is 7.98. The fourth-order valence-corrected chi connectivity index (χ4v) is 4.13. The van der Waals surface area contributed by atoms with Gasteiger partial charge in [0, 0.05) is 10.9 Å². The van der Waals surface area contributed by atoms with Crippen LogP contribution < -0.4 is 5.56 Å². The maximum Gasteiger partial charge on any atom is 0.263 e. The van der Waals surface area contributed by atoms with Crippen molar-refractivity contribution >= 4 is 57.6 Å². The Morgan fingerprint density at radius 2 is 1.92 bits per heavy atom. The predicted octanol–water partition coefficient (Wildman–Crippen LogP) is 4.67. The number of hydrogen-bond donors (Lipinski definition) is 1. The van der Waals surface area contributed by atoms with Gasteiger partial charge in [-0.1, -0.05) is 34.8 Å². The van der Waals surface area contributed by atoms with Crippen LogP contribution in [0.25, 0.3) is 16.7 Å². The first-order valence-corrected chi connectivity index (χ1v) is 9.57. The maximum atomic E-state index is 12.5. The van der Waals surface area contributed by atoms with Gasteiger partial charge in [0.05, 0.1) is 10.0 Å². The van der Waals surface area contributed by atoms with E-state index in [-0.39, 0.29) is 5.56 Å². The molecule has 1 aliphatic carbocycles. The molecule has 0 saturated heterocycles. The molecule has 1 N–H and O–H groups in total. The zero-order chi connectivity index (χ0) is 17.0. The molecular weight excluding hydrogens is 391 g/mol. The summed E-state index contributed by atoms with van der Waals surface area (Å²) in [5, 5.41) is 6.63. The molecule has 2 heterocycles. The van der Waals surface area contributed by atoms with Gasteiger partial charge in [0.15, 0.2) is 5.65 Å². The van der Waals surface area contributed by atoms with Crippen LogP contribution in [0.1, 0.15) is 24.6 Å². The Hall–Kier alpha value is -1.21. The van der Waals surface area contributed by atoms with Gasteiger partial charge >= 0.3 is 0 Å². The summed E-state index contributed by atoms with van der Waals surface area (Å²) in [6.07, 6.45) is 3.91. The van der Waals surface area contributed by atoms with E-state index in [4.69, 9.17) is 34.8 Å².